The van der Waals surface area contributed by atoms with Crippen LogP contribution in [0.5, 0.6) is 0 Å². The lowest BCUT2D eigenvalue weighted by Gasteiger charge is -2.24. The summed E-state index contributed by atoms with van der Waals surface area (Å²) >= 11 is 5.87. The highest BCUT2D eigenvalue weighted by molar-refractivity contribution is 6.31. The van der Waals surface area contributed by atoms with Crippen molar-refractivity contribution in [3.63, 3.8) is 0 Å². The van der Waals surface area contributed by atoms with Gasteiger partial charge in [-0.2, -0.15) is 22.8 Å². The number of halogens is 5. The number of anilines is 3. The molecular formula is C19H19ClF4N6O2. The fraction of sp³-hybridized carbons (Fsp3) is 0.316. The van der Waals surface area contributed by atoms with Crippen LogP contribution < -0.4 is 16.0 Å². The van der Waals surface area contributed by atoms with Crippen molar-refractivity contribution in [3.05, 3.63) is 47.4 Å². The van der Waals surface area contributed by atoms with Crippen LogP contribution in [0.3, 0.4) is 0 Å². The minimum atomic E-state index is -5.08. The Balaban J connectivity index is 0.000000360. The number of rotatable bonds is 4. The van der Waals surface area contributed by atoms with E-state index in [1.807, 2.05) is 12.1 Å². The maximum Gasteiger partial charge on any atom is 0.490 e. The van der Waals surface area contributed by atoms with Crippen LogP contribution in [-0.4, -0.2) is 51.0 Å². The van der Waals surface area contributed by atoms with E-state index < -0.39 is 18.0 Å². The van der Waals surface area contributed by atoms with Crippen LogP contribution in [0, 0.1) is 5.82 Å². The van der Waals surface area contributed by atoms with Crippen molar-refractivity contribution in [1.29, 1.82) is 0 Å². The highest BCUT2D eigenvalue weighted by Gasteiger charge is 2.38. The topological polar surface area (TPSA) is 104 Å². The SMILES string of the molecule is Fc1ccc(Nc2cc(NC3CCCNC3)nc3ccnn23)cc1Cl.O=C(O)C(F)(F)F. The molecule has 4 N–H and O–H groups in total. The van der Waals surface area contributed by atoms with Gasteiger partial charge in [0, 0.05) is 30.4 Å². The zero-order chi connectivity index (χ0) is 23.3. The van der Waals surface area contributed by atoms with Gasteiger partial charge in [0.15, 0.2) is 5.65 Å². The summed E-state index contributed by atoms with van der Waals surface area (Å²) in [6.07, 6.45) is -1.14. The van der Waals surface area contributed by atoms with Gasteiger partial charge in [-0.1, -0.05) is 11.6 Å². The zero-order valence-electron chi connectivity index (χ0n) is 16.5. The maximum absolute atomic E-state index is 13.4. The summed E-state index contributed by atoms with van der Waals surface area (Å²) in [5.74, 6) is -1.70. The van der Waals surface area contributed by atoms with E-state index in [-0.39, 0.29) is 5.02 Å². The van der Waals surface area contributed by atoms with Gasteiger partial charge in [-0.15, -0.1) is 0 Å². The molecule has 0 spiro atoms. The quantitative estimate of drug-likeness (QED) is 0.423. The van der Waals surface area contributed by atoms with Gasteiger partial charge in [0.1, 0.15) is 17.5 Å². The average molecular weight is 475 g/mol. The molecule has 0 amide bonds. The van der Waals surface area contributed by atoms with Crippen LogP contribution in [0.1, 0.15) is 12.8 Å². The van der Waals surface area contributed by atoms with Gasteiger partial charge < -0.3 is 21.1 Å². The fourth-order valence-electron chi connectivity index (χ4n) is 2.98. The molecule has 1 atom stereocenters. The van der Waals surface area contributed by atoms with E-state index in [0.29, 0.717) is 11.7 Å². The van der Waals surface area contributed by atoms with E-state index >= 15 is 0 Å². The molecule has 3 heterocycles. The number of aliphatic carboxylic acids is 1. The van der Waals surface area contributed by atoms with Crippen LogP contribution in [0.2, 0.25) is 5.02 Å². The number of alkyl halides is 3. The number of carboxylic acid groups (broad SMARTS) is 1. The van der Waals surface area contributed by atoms with Crippen LogP contribution in [0.25, 0.3) is 5.65 Å². The molecule has 1 aliphatic rings. The number of nitrogens with zero attached hydrogens (tertiary/aromatic N) is 3. The lowest BCUT2D eigenvalue weighted by atomic mass is 10.1. The van der Waals surface area contributed by atoms with E-state index in [1.54, 1.807) is 22.8 Å². The Labute approximate surface area is 184 Å². The molecular weight excluding hydrogens is 456 g/mol. The van der Waals surface area contributed by atoms with E-state index in [1.165, 1.54) is 6.07 Å². The van der Waals surface area contributed by atoms with Gasteiger partial charge in [0.2, 0.25) is 0 Å². The van der Waals surface area contributed by atoms with Crippen LogP contribution >= 0.6 is 11.6 Å². The first-order valence-corrected chi connectivity index (χ1v) is 9.85. The van der Waals surface area contributed by atoms with Crippen LogP contribution in [0.15, 0.2) is 36.5 Å². The number of hydrogen-bond acceptors (Lipinski definition) is 6. The summed E-state index contributed by atoms with van der Waals surface area (Å²) in [5, 5.41) is 21.6. The predicted octanol–water partition coefficient (Wildman–Crippen LogP) is 4.06. The zero-order valence-corrected chi connectivity index (χ0v) is 17.2. The summed E-state index contributed by atoms with van der Waals surface area (Å²) in [6, 6.07) is 8.59. The molecule has 0 aliphatic carbocycles. The second-order valence-corrected chi connectivity index (χ2v) is 7.28. The molecule has 0 saturated carbocycles. The third-order valence-electron chi connectivity index (χ3n) is 4.44. The number of aromatic nitrogens is 3. The monoisotopic (exact) mass is 474 g/mol. The van der Waals surface area contributed by atoms with Crippen molar-refractivity contribution in [2.24, 2.45) is 0 Å². The van der Waals surface area contributed by atoms with Crippen molar-refractivity contribution in [1.82, 2.24) is 19.9 Å². The summed E-state index contributed by atoms with van der Waals surface area (Å²) in [4.78, 5) is 13.5. The lowest BCUT2D eigenvalue weighted by Crippen LogP contribution is -2.38. The van der Waals surface area contributed by atoms with Gasteiger partial charge >= 0.3 is 12.1 Å². The normalized spacial score (nSPS) is 16.2. The standard InChI is InChI=1S/C17H18ClFN6.C2HF3O2/c18-13-8-11(3-4-14(13)19)23-17-9-15(22-12-2-1-6-20-10-12)24-16-5-7-21-25(16)17;3-2(4,5)1(6)7/h3-5,7-9,12,20,23H,1-2,6,10H2,(H,22,24);(H,6,7). The minimum Gasteiger partial charge on any atom is -0.475 e. The second-order valence-electron chi connectivity index (χ2n) is 6.87. The molecule has 13 heteroatoms. The molecule has 32 heavy (non-hydrogen) atoms. The van der Waals surface area contributed by atoms with Crippen LogP contribution in [0.4, 0.5) is 34.9 Å². The Morgan fingerprint density at radius 3 is 2.66 bits per heavy atom. The molecule has 3 aromatic rings. The number of nitrogens with one attached hydrogen (secondary N) is 3. The van der Waals surface area contributed by atoms with Crippen molar-refractivity contribution >= 4 is 40.5 Å². The lowest BCUT2D eigenvalue weighted by molar-refractivity contribution is -0.192. The highest BCUT2D eigenvalue weighted by Crippen LogP contribution is 2.25. The number of fused-ring (bicyclic) bond motifs is 1. The molecule has 172 valence electrons. The maximum atomic E-state index is 13.4. The van der Waals surface area contributed by atoms with E-state index in [0.717, 1.165) is 43.2 Å². The minimum absolute atomic E-state index is 0.0717. The number of benzene rings is 1. The molecule has 1 aliphatic heterocycles. The van der Waals surface area contributed by atoms with E-state index in [2.05, 4.69) is 26.0 Å². The largest absolute Gasteiger partial charge is 0.490 e. The fourth-order valence-corrected chi connectivity index (χ4v) is 3.16. The van der Waals surface area contributed by atoms with Crippen molar-refractivity contribution in [3.8, 4) is 0 Å². The van der Waals surface area contributed by atoms with Gasteiger partial charge in [-0.3, -0.25) is 0 Å². The molecule has 4 rings (SSSR count). The third kappa shape index (κ3) is 6.20. The van der Waals surface area contributed by atoms with Crippen LogP contribution in [-0.2, 0) is 4.79 Å². The Bertz CT molecular complexity index is 1090. The first-order chi connectivity index (χ1) is 15.1. The molecule has 0 radical (unpaired) electrons. The number of carboxylic acids is 1. The second kappa shape index (κ2) is 10.0. The Hall–Kier alpha value is -3.12. The van der Waals surface area contributed by atoms with Gasteiger partial charge in [-0.05, 0) is 37.6 Å². The average Bonchev–Trinajstić information content (AvgIpc) is 3.20. The summed E-state index contributed by atoms with van der Waals surface area (Å²) in [7, 11) is 0. The predicted molar refractivity (Wildman–Crippen MR) is 111 cm³/mol. The molecule has 1 fully saturated rings. The number of hydrogen-bond donors (Lipinski definition) is 4. The Morgan fingerprint density at radius 1 is 1.28 bits per heavy atom. The van der Waals surface area contributed by atoms with Gasteiger partial charge in [0.25, 0.3) is 0 Å². The summed E-state index contributed by atoms with van der Waals surface area (Å²) < 4.78 is 46.8. The molecule has 1 aromatic carbocycles. The Morgan fingerprint density at radius 2 is 2.03 bits per heavy atom. The first-order valence-electron chi connectivity index (χ1n) is 9.47. The summed E-state index contributed by atoms with van der Waals surface area (Å²) in [5.41, 5.74) is 1.41. The van der Waals surface area contributed by atoms with Crippen molar-refractivity contribution in [2.45, 2.75) is 25.1 Å². The third-order valence-corrected chi connectivity index (χ3v) is 4.73. The van der Waals surface area contributed by atoms with Crippen molar-refractivity contribution in [2.75, 3.05) is 23.7 Å². The molecule has 8 nitrogen and oxygen atoms in total. The number of carbonyl (C=O) groups is 1. The molecule has 1 saturated heterocycles. The van der Waals surface area contributed by atoms with Gasteiger partial charge in [-0.25, -0.2) is 14.2 Å². The van der Waals surface area contributed by atoms with E-state index in [4.69, 9.17) is 21.5 Å². The van der Waals surface area contributed by atoms with Crippen molar-refractivity contribution < 1.29 is 27.5 Å². The molecule has 1 unspecified atom stereocenters. The molecule has 2 aromatic heterocycles. The molecule has 0 bridgehead atoms. The smallest absolute Gasteiger partial charge is 0.475 e. The highest BCUT2D eigenvalue weighted by atomic mass is 35.5. The first kappa shape index (κ1) is 23.5. The number of piperidine rings is 1. The Kier molecular flexibility index (Phi) is 7.36. The van der Waals surface area contributed by atoms with E-state index in [9.17, 15) is 17.6 Å². The van der Waals surface area contributed by atoms with Gasteiger partial charge in [0.05, 0.1) is 11.2 Å². The summed E-state index contributed by atoms with van der Waals surface area (Å²) in [6.45, 7) is 1.98.